The molecule has 0 aliphatic rings. The lowest BCUT2D eigenvalue weighted by Gasteiger charge is -2.06. The molecule has 5 nitrogen and oxygen atoms in total. The number of rotatable bonds is 3. The summed E-state index contributed by atoms with van der Waals surface area (Å²) >= 11 is 0. The van der Waals surface area contributed by atoms with Crippen LogP contribution in [0.15, 0.2) is 60.8 Å². The van der Waals surface area contributed by atoms with Gasteiger partial charge >= 0.3 is 6.09 Å². The summed E-state index contributed by atoms with van der Waals surface area (Å²) < 4.78 is 5.14. The van der Waals surface area contributed by atoms with Gasteiger partial charge in [-0.25, -0.2) is 9.78 Å². The third kappa shape index (κ3) is 3.33. The first-order valence-corrected chi connectivity index (χ1v) is 6.53. The summed E-state index contributed by atoms with van der Waals surface area (Å²) in [7, 11) is 0. The molecule has 0 aliphatic carbocycles. The summed E-state index contributed by atoms with van der Waals surface area (Å²) in [6.07, 6.45) is 1.11. The molecular formula is C16H13N3O2. The minimum Gasteiger partial charge on any atom is -0.391 e. The Morgan fingerprint density at radius 2 is 1.90 bits per heavy atom. The van der Waals surface area contributed by atoms with Crippen molar-refractivity contribution in [2.45, 2.75) is 6.54 Å². The van der Waals surface area contributed by atoms with E-state index in [1.165, 1.54) is 0 Å². The monoisotopic (exact) mass is 279 g/mol. The maximum Gasteiger partial charge on any atom is 0.414 e. The van der Waals surface area contributed by atoms with E-state index in [9.17, 15) is 4.79 Å². The molecule has 0 saturated carbocycles. The van der Waals surface area contributed by atoms with Crippen molar-refractivity contribution in [3.63, 3.8) is 0 Å². The van der Waals surface area contributed by atoms with E-state index in [0.29, 0.717) is 12.2 Å². The van der Waals surface area contributed by atoms with Crippen LogP contribution in [0.5, 0.6) is 5.88 Å². The van der Waals surface area contributed by atoms with Gasteiger partial charge in [0.1, 0.15) is 0 Å². The van der Waals surface area contributed by atoms with Gasteiger partial charge in [0.2, 0.25) is 5.88 Å². The molecular weight excluding hydrogens is 266 g/mol. The van der Waals surface area contributed by atoms with Crippen LogP contribution < -0.4 is 10.1 Å². The third-order valence-corrected chi connectivity index (χ3v) is 2.92. The number of amides is 1. The molecule has 2 heterocycles. The summed E-state index contributed by atoms with van der Waals surface area (Å²) in [6, 6.07) is 16.8. The van der Waals surface area contributed by atoms with Crippen LogP contribution >= 0.6 is 0 Å². The Hall–Kier alpha value is -2.95. The predicted molar refractivity (Wildman–Crippen MR) is 78.8 cm³/mol. The highest BCUT2D eigenvalue weighted by molar-refractivity contribution is 5.76. The standard InChI is InChI=1S/C16H13N3O2/c20-16(18-11-12-5-2-1-3-6-12)21-14-9-8-13-7-4-10-17-15(13)19-14/h1-10H,11H2,(H,18,20). The molecule has 1 N–H and O–H groups in total. The smallest absolute Gasteiger partial charge is 0.391 e. The van der Waals surface area contributed by atoms with E-state index in [-0.39, 0.29) is 5.88 Å². The molecule has 0 atom stereocenters. The zero-order chi connectivity index (χ0) is 14.5. The summed E-state index contributed by atoms with van der Waals surface area (Å²) in [5, 5.41) is 3.57. The Bertz CT molecular complexity index is 760. The van der Waals surface area contributed by atoms with E-state index in [2.05, 4.69) is 15.3 Å². The topological polar surface area (TPSA) is 64.1 Å². The van der Waals surface area contributed by atoms with Crippen LogP contribution in [0.1, 0.15) is 5.56 Å². The number of carbonyl (C=O) groups excluding carboxylic acids is 1. The summed E-state index contributed by atoms with van der Waals surface area (Å²) in [6.45, 7) is 0.408. The van der Waals surface area contributed by atoms with Crippen molar-refractivity contribution in [3.8, 4) is 5.88 Å². The number of aromatic nitrogens is 2. The number of nitrogens with one attached hydrogen (secondary N) is 1. The van der Waals surface area contributed by atoms with Gasteiger partial charge in [0, 0.05) is 24.2 Å². The van der Waals surface area contributed by atoms with Crippen LogP contribution in [0.25, 0.3) is 11.0 Å². The Morgan fingerprint density at radius 3 is 2.76 bits per heavy atom. The fourth-order valence-electron chi connectivity index (χ4n) is 1.89. The van der Waals surface area contributed by atoms with Gasteiger partial charge in [0.15, 0.2) is 5.65 Å². The second-order valence-electron chi connectivity index (χ2n) is 4.43. The molecule has 0 fully saturated rings. The fraction of sp³-hybridized carbons (Fsp3) is 0.0625. The van der Waals surface area contributed by atoms with Crippen LogP contribution in [-0.4, -0.2) is 16.1 Å². The minimum atomic E-state index is -0.540. The number of hydrogen-bond acceptors (Lipinski definition) is 4. The normalized spacial score (nSPS) is 10.3. The van der Waals surface area contributed by atoms with Gasteiger partial charge in [-0.3, -0.25) is 0 Å². The lowest BCUT2D eigenvalue weighted by atomic mass is 10.2. The number of carbonyl (C=O) groups is 1. The van der Waals surface area contributed by atoms with Gasteiger partial charge in [0.25, 0.3) is 0 Å². The number of hydrogen-bond donors (Lipinski definition) is 1. The number of fused-ring (bicyclic) bond motifs is 1. The molecule has 0 bridgehead atoms. The van der Waals surface area contributed by atoms with Crippen LogP contribution in [0, 0.1) is 0 Å². The molecule has 0 aliphatic heterocycles. The van der Waals surface area contributed by atoms with Crippen molar-refractivity contribution in [1.29, 1.82) is 0 Å². The Labute approximate surface area is 121 Å². The molecule has 1 amide bonds. The predicted octanol–water partition coefficient (Wildman–Crippen LogP) is 2.92. The van der Waals surface area contributed by atoms with Gasteiger partial charge in [-0.1, -0.05) is 30.3 Å². The molecule has 0 saturated heterocycles. The number of pyridine rings is 2. The first kappa shape index (κ1) is 13.1. The second kappa shape index (κ2) is 6.00. The SMILES string of the molecule is O=C(NCc1ccccc1)Oc1ccc2cccnc2n1. The summed E-state index contributed by atoms with van der Waals surface area (Å²) in [5.74, 6) is 0.228. The maximum atomic E-state index is 11.7. The van der Waals surface area contributed by atoms with Crippen LogP contribution in [0.2, 0.25) is 0 Å². The second-order valence-corrected chi connectivity index (χ2v) is 4.43. The molecule has 0 unspecified atom stereocenters. The number of ether oxygens (including phenoxy) is 1. The quantitative estimate of drug-likeness (QED) is 0.800. The lowest BCUT2D eigenvalue weighted by molar-refractivity contribution is 0.198. The van der Waals surface area contributed by atoms with Crippen molar-refractivity contribution in [2.24, 2.45) is 0 Å². The summed E-state index contributed by atoms with van der Waals surface area (Å²) in [4.78, 5) is 20.0. The Morgan fingerprint density at radius 1 is 1.05 bits per heavy atom. The minimum absolute atomic E-state index is 0.228. The molecule has 0 radical (unpaired) electrons. The van der Waals surface area contributed by atoms with Crippen LogP contribution in [-0.2, 0) is 6.54 Å². The van der Waals surface area contributed by atoms with Crippen molar-refractivity contribution in [3.05, 3.63) is 66.4 Å². The van der Waals surface area contributed by atoms with Gasteiger partial charge in [-0.05, 0) is 23.8 Å². The largest absolute Gasteiger partial charge is 0.414 e. The third-order valence-electron chi connectivity index (χ3n) is 2.92. The van der Waals surface area contributed by atoms with E-state index < -0.39 is 6.09 Å². The van der Waals surface area contributed by atoms with E-state index in [4.69, 9.17) is 4.74 Å². The number of benzene rings is 1. The Kier molecular flexibility index (Phi) is 3.73. The molecule has 5 heteroatoms. The van der Waals surface area contributed by atoms with E-state index in [1.54, 1.807) is 12.3 Å². The van der Waals surface area contributed by atoms with Crippen molar-refractivity contribution in [2.75, 3.05) is 0 Å². The Balaban J connectivity index is 1.63. The maximum absolute atomic E-state index is 11.7. The highest BCUT2D eigenvalue weighted by Gasteiger charge is 2.06. The first-order chi connectivity index (χ1) is 10.3. The fourth-order valence-corrected chi connectivity index (χ4v) is 1.89. The van der Waals surface area contributed by atoms with Gasteiger partial charge in [0.05, 0.1) is 0 Å². The highest BCUT2D eigenvalue weighted by Crippen LogP contribution is 2.14. The lowest BCUT2D eigenvalue weighted by Crippen LogP contribution is -2.26. The van der Waals surface area contributed by atoms with E-state index in [1.807, 2.05) is 48.5 Å². The van der Waals surface area contributed by atoms with Crippen LogP contribution in [0.3, 0.4) is 0 Å². The van der Waals surface area contributed by atoms with Gasteiger partial charge in [-0.2, -0.15) is 4.98 Å². The average molecular weight is 279 g/mol. The average Bonchev–Trinajstić information content (AvgIpc) is 2.54. The highest BCUT2D eigenvalue weighted by atomic mass is 16.6. The van der Waals surface area contributed by atoms with Crippen molar-refractivity contribution >= 4 is 17.1 Å². The van der Waals surface area contributed by atoms with Gasteiger partial charge < -0.3 is 10.1 Å². The van der Waals surface area contributed by atoms with E-state index in [0.717, 1.165) is 10.9 Å². The number of nitrogens with zero attached hydrogens (tertiary/aromatic N) is 2. The van der Waals surface area contributed by atoms with E-state index >= 15 is 0 Å². The van der Waals surface area contributed by atoms with Crippen LogP contribution in [0.4, 0.5) is 4.79 Å². The molecule has 104 valence electrons. The molecule has 2 aromatic heterocycles. The molecule has 3 aromatic rings. The zero-order valence-corrected chi connectivity index (χ0v) is 11.2. The van der Waals surface area contributed by atoms with Gasteiger partial charge in [-0.15, -0.1) is 0 Å². The zero-order valence-electron chi connectivity index (χ0n) is 11.2. The summed E-state index contributed by atoms with van der Waals surface area (Å²) in [5.41, 5.74) is 1.55. The molecule has 0 spiro atoms. The van der Waals surface area contributed by atoms with Crippen molar-refractivity contribution < 1.29 is 9.53 Å². The van der Waals surface area contributed by atoms with Crippen molar-refractivity contribution in [1.82, 2.24) is 15.3 Å². The molecule has 21 heavy (non-hydrogen) atoms. The molecule has 3 rings (SSSR count). The first-order valence-electron chi connectivity index (χ1n) is 6.53. The molecule has 1 aromatic carbocycles.